The van der Waals surface area contributed by atoms with Crippen LogP contribution in [0, 0.1) is 5.92 Å². The molecule has 1 aromatic rings. The highest BCUT2D eigenvalue weighted by molar-refractivity contribution is 5.81. The molecule has 1 amide bonds. The van der Waals surface area contributed by atoms with Crippen molar-refractivity contribution in [3.05, 3.63) is 23.8 Å². The Bertz CT molecular complexity index is 405. The first-order valence-electron chi connectivity index (χ1n) is 5.46. The topological polar surface area (TPSA) is 95.6 Å². The zero-order valence-electron chi connectivity index (χ0n) is 9.97. The maximum Gasteiger partial charge on any atom is 0.239 e. The molecular weight excluding hydrogens is 220 g/mol. The van der Waals surface area contributed by atoms with Gasteiger partial charge in [0.2, 0.25) is 5.91 Å². The second kappa shape index (κ2) is 5.54. The maximum absolute atomic E-state index is 11.3. The largest absolute Gasteiger partial charge is 0.504 e. The summed E-state index contributed by atoms with van der Waals surface area (Å²) in [5, 5.41) is 21.6. The highest BCUT2D eigenvalue weighted by Gasteiger charge is 2.18. The number of benzene rings is 1. The Morgan fingerprint density at radius 2 is 2.00 bits per heavy atom. The van der Waals surface area contributed by atoms with Crippen molar-refractivity contribution in [1.29, 1.82) is 0 Å². The van der Waals surface area contributed by atoms with Crippen LogP contribution in [0.15, 0.2) is 18.2 Å². The molecule has 5 nitrogen and oxygen atoms in total. The van der Waals surface area contributed by atoms with E-state index in [2.05, 4.69) is 5.32 Å². The van der Waals surface area contributed by atoms with Gasteiger partial charge < -0.3 is 21.3 Å². The van der Waals surface area contributed by atoms with Crippen LogP contribution in [-0.4, -0.2) is 22.7 Å². The van der Waals surface area contributed by atoms with Gasteiger partial charge in [0.15, 0.2) is 11.5 Å². The summed E-state index contributed by atoms with van der Waals surface area (Å²) in [7, 11) is 0. The molecule has 0 heterocycles. The van der Waals surface area contributed by atoms with Gasteiger partial charge in [-0.3, -0.25) is 4.79 Å². The van der Waals surface area contributed by atoms with Gasteiger partial charge in [-0.05, 0) is 30.2 Å². The third-order valence-corrected chi connectivity index (χ3v) is 2.35. The molecular formula is C12H18N2O3. The number of hydrogen-bond acceptors (Lipinski definition) is 4. The van der Waals surface area contributed by atoms with Crippen molar-refractivity contribution in [2.75, 3.05) is 6.54 Å². The number of primary amides is 1. The van der Waals surface area contributed by atoms with E-state index in [9.17, 15) is 15.0 Å². The van der Waals surface area contributed by atoms with Crippen LogP contribution in [0.5, 0.6) is 11.5 Å². The Balaban J connectivity index is 2.89. The van der Waals surface area contributed by atoms with Crippen molar-refractivity contribution < 1.29 is 15.0 Å². The van der Waals surface area contributed by atoms with Crippen molar-refractivity contribution in [1.82, 2.24) is 5.32 Å². The molecule has 0 aliphatic rings. The van der Waals surface area contributed by atoms with Crippen molar-refractivity contribution in [3.8, 4) is 11.5 Å². The zero-order chi connectivity index (χ0) is 13.0. The first kappa shape index (κ1) is 13.3. The third kappa shape index (κ3) is 3.64. The van der Waals surface area contributed by atoms with E-state index >= 15 is 0 Å². The molecule has 1 atom stereocenters. The number of amides is 1. The average molecular weight is 238 g/mol. The van der Waals surface area contributed by atoms with Gasteiger partial charge >= 0.3 is 0 Å². The normalized spacial score (nSPS) is 12.6. The van der Waals surface area contributed by atoms with Gasteiger partial charge in [-0.15, -0.1) is 0 Å². The summed E-state index contributed by atoms with van der Waals surface area (Å²) in [6.45, 7) is 4.66. The summed E-state index contributed by atoms with van der Waals surface area (Å²) < 4.78 is 0. The van der Waals surface area contributed by atoms with E-state index in [-0.39, 0.29) is 11.5 Å². The SMILES string of the molecule is CC(C)CNC(C(N)=O)c1ccc(O)c(O)c1. The van der Waals surface area contributed by atoms with Gasteiger partial charge in [0.25, 0.3) is 0 Å². The molecule has 17 heavy (non-hydrogen) atoms. The number of carbonyl (C=O) groups excluding carboxylic acids is 1. The Hall–Kier alpha value is -1.75. The minimum Gasteiger partial charge on any atom is -0.504 e. The molecule has 94 valence electrons. The Kier molecular flexibility index (Phi) is 4.34. The second-order valence-electron chi connectivity index (χ2n) is 4.39. The summed E-state index contributed by atoms with van der Waals surface area (Å²) in [5.41, 5.74) is 5.83. The number of phenols is 2. The van der Waals surface area contributed by atoms with E-state index in [1.807, 2.05) is 13.8 Å². The van der Waals surface area contributed by atoms with E-state index in [1.54, 1.807) is 6.07 Å². The first-order valence-corrected chi connectivity index (χ1v) is 5.46. The van der Waals surface area contributed by atoms with Gasteiger partial charge in [-0.2, -0.15) is 0 Å². The molecule has 0 saturated heterocycles. The molecule has 5 heteroatoms. The quantitative estimate of drug-likeness (QED) is 0.572. The predicted molar refractivity (Wildman–Crippen MR) is 64.5 cm³/mol. The minimum atomic E-state index is -0.663. The highest BCUT2D eigenvalue weighted by Crippen LogP contribution is 2.27. The highest BCUT2D eigenvalue weighted by atomic mass is 16.3. The van der Waals surface area contributed by atoms with Gasteiger partial charge in [-0.1, -0.05) is 19.9 Å². The smallest absolute Gasteiger partial charge is 0.239 e. The molecule has 0 aromatic heterocycles. The van der Waals surface area contributed by atoms with Crippen molar-refractivity contribution in [3.63, 3.8) is 0 Å². The summed E-state index contributed by atoms with van der Waals surface area (Å²) in [4.78, 5) is 11.3. The molecule has 0 bridgehead atoms. The van der Waals surface area contributed by atoms with E-state index in [0.717, 1.165) is 0 Å². The lowest BCUT2D eigenvalue weighted by molar-refractivity contribution is -0.120. The lowest BCUT2D eigenvalue weighted by Gasteiger charge is -2.17. The number of phenolic OH excluding ortho intramolecular Hbond substituents is 2. The number of nitrogens with two attached hydrogens (primary N) is 1. The van der Waals surface area contributed by atoms with Crippen molar-refractivity contribution in [2.24, 2.45) is 11.7 Å². The molecule has 0 radical (unpaired) electrons. The fraction of sp³-hybridized carbons (Fsp3) is 0.417. The van der Waals surface area contributed by atoms with Crippen molar-refractivity contribution >= 4 is 5.91 Å². The first-order chi connectivity index (χ1) is 7.91. The lowest BCUT2D eigenvalue weighted by Crippen LogP contribution is -2.35. The predicted octanol–water partition coefficient (Wildman–Crippen LogP) is 0.870. The van der Waals surface area contributed by atoms with Crippen LogP contribution in [0.3, 0.4) is 0 Å². The average Bonchev–Trinajstić information content (AvgIpc) is 2.22. The third-order valence-electron chi connectivity index (χ3n) is 2.35. The fourth-order valence-electron chi connectivity index (χ4n) is 1.46. The molecule has 0 saturated carbocycles. The summed E-state index contributed by atoms with van der Waals surface area (Å²) in [6.07, 6.45) is 0. The Morgan fingerprint density at radius 1 is 1.35 bits per heavy atom. The zero-order valence-corrected chi connectivity index (χ0v) is 9.97. The second-order valence-corrected chi connectivity index (χ2v) is 4.39. The molecule has 1 unspecified atom stereocenters. The molecule has 1 rings (SSSR count). The number of carbonyl (C=O) groups is 1. The molecule has 0 fully saturated rings. The van der Waals surface area contributed by atoms with E-state index < -0.39 is 11.9 Å². The molecule has 0 aliphatic heterocycles. The molecule has 5 N–H and O–H groups in total. The standard InChI is InChI=1S/C12H18N2O3/c1-7(2)6-14-11(12(13)17)8-3-4-9(15)10(16)5-8/h3-5,7,11,14-16H,6H2,1-2H3,(H2,13,17). The van der Waals surface area contributed by atoms with Gasteiger partial charge in [0.05, 0.1) is 0 Å². The van der Waals surface area contributed by atoms with Crippen molar-refractivity contribution in [2.45, 2.75) is 19.9 Å². The number of aromatic hydroxyl groups is 2. The molecule has 1 aromatic carbocycles. The van der Waals surface area contributed by atoms with Crippen LogP contribution < -0.4 is 11.1 Å². The van der Waals surface area contributed by atoms with Crippen LogP contribution in [0.2, 0.25) is 0 Å². The van der Waals surface area contributed by atoms with E-state index in [0.29, 0.717) is 18.0 Å². The van der Waals surface area contributed by atoms with Gasteiger partial charge in [-0.25, -0.2) is 0 Å². The number of rotatable bonds is 5. The molecule has 0 spiro atoms. The fourth-order valence-corrected chi connectivity index (χ4v) is 1.46. The van der Waals surface area contributed by atoms with Gasteiger partial charge in [0.1, 0.15) is 6.04 Å². The van der Waals surface area contributed by atoms with Crippen LogP contribution in [0.4, 0.5) is 0 Å². The van der Waals surface area contributed by atoms with E-state index in [4.69, 9.17) is 5.73 Å². The number of nitrogens with one attached hydrogen (secondary N) is 1. The Labute approximate surface area is 100 Å². The van der Waals surface area contributed by atoms with E-state index in [1.165, 1.54) is 12.1 Å². The maximum atomic E-state index is 11.3. The van der Waals surface area contributed by atoms with Gasteiger partial charge in [0, 0.05) is 0 Å². The Morgan fingerprint density at radius 3 is 2.47 bits per heavy atom. The van der Waals surface area contributed by atoms with Crippen LogP contribution in [0.25, 0.3) is 0 Å². The lowest BCUT2D eigenvalue weighted by atomic mass is 10.0. The summed E-state index contributed by atoms with van der Waals surface area (Å²) >= 11 is 0. The van der Waals surface area contributed by atoms with Crippen LogP contribution in [-0.2, 0) is 4.79 Å². The molecule has 0 aliphatic carbocycles. The van der Waals surface area contributed by atoms with Crippen LogP contribution in [0.1, 0.15) is 25.5 Å². The minimum absolute atomic E-state index is 0.221. The number of hydrogen-bond donors (Lipinski definition) is 4. The summed E-state index contributed by atoms with van der Waals surface area (Å²) in [5.74, 6) is -0.626. The van der Waals surface area contributed by atoms with Crippen LogP contribution >= 0.6 is 0 Å². The monoisotopic (exact) mass is 238 g/mol. The summed E-state index contributed by atoms with van der Waals surface area (Å²) in [6, 6.07) is 3.55.